The second-order valence-corrected chi connectivity index (χ2v) is 8.68. The Hall–Kier alpha value is -1.37. The van der Waals surface area contributed by atoms with Gasteiger partial charge in [-0.25, -0.2) is 4.79 Å². The zero-order chi connectivity index (χ0) is 16.9. The van der Waals surface area contributed by atoms with Gasteiger partial charge in [-0.1, -0.05) is 12.1 Å². The van der Waals surface area contributed by atoms with Gasteiger partial charge in [0, 0.05) is 23.7 Å². The van der Waals surface area contributed by atoms with Gasteiger partial charge in [0.2, 0.25) is 0 Å². The van der Waals surface area contributed by atoms with Gasteiger partial charge in [0.05, 0.1) is 3.79 Å². The van der Waals surface area contributed by atoms with Crippen molar-refractivity contribution in [3.05, 3.63) is 50.6 Å². The molecule has 0 aliphatic heterocycles. The topological polar surface area (TPSA) is 50.4 Å². The van der Waals surface area contributed by atoms with Crippen molar-refractivity contribution >= 4 is 39.0 Å². The maximum absolute atomic E-state index is 11.7. The summed E-state index contributed by atoms with van der Waals surface area (Å²) in [6.45, 7) is 7.14. The van der Waals surface area contributed by atoms with Gasteiger partial charge >= 0.3 is 6.09 Å². The van der Waals surface area contributed by atoms with Crippen LogP contribution in [0.3, 0.4) is 0 Å². The van der Waals surface area contributed by atoms with Crippen molar-refractivity contribution in [2.45, 2.75) is 39.5 Å². The molecule has 1 aromatic heterocycles. The Kier molecular flexibility index (Phi) is 6.21. The number of carbonyl (C=O) groups excluding carboxylic acids is 1. The van der Waals surface area contributed by atoms with E-state index < -0.39 is 11.7 Å². The lowest BCUT2D eigenvalue weighted by Gasteiger charge is -2.19. The van der Waals surface area contributed by atoms with Crippen LogP contribution in [0.2, 0.25) is 0 Å². The Bertz CT molecular complexity index is 647. The monoisotopic (exact) mass is 396 g/mol. The van der Waals surface area contributed by atoms with Crippen LogP contribution < -0.4 is 10.6 Å². The Balaban J connectivity index is 1.79. The van der Waals surface area contributed by atoms with Gasteiger partial charge < -0.3 is 10.1 Å². The summed E-state index contributed by atoms with van der Waals surface area (Å²) in [5.41, 5.74) is 1.39. The normalized spacial score (nSPS) is 11.3. The first-order valence-corrected chi connectivity index (χ1v) is 8.97. The minimum Gasteiger partial charge on any atom is -0.444 e. The molecule has 2 rings (SSSR count). The van der Waals surface area contributed by atoms with Gasteiger partial charge in [0.1, 0.15) is 5.60 Å². The number of ether oxygens (including phenoxy) is 1. The van der Waals surface area contributed by atoms with Gasteiger partial charge in [0.15, 0.2) is 0 Å². The second kappa shape index (κ2) is 7.95. The second-order valence-electron chi connectivity index (χ2n) is 6.13. The molecule has 0 bridgehead atoms. The molecule has 6 heteroatoms. The molecule has 0 fully saturated rings. The van der Waals surface area contributed by atoms with Crippen LogP contribution in [0.4, 0.5) is 10.5 Å². The number of thiophene rings is 1. The van der Waals surface area contributed by atoms with Crippen molar-refractivity contribution in [2.24, 2.45) is 0 Å². The lowest BCUT2D eigenvalue weighted by molar-refractivity contribution is 0.0636. The number of halogens is 1. The molecule has 2 N–H and O–H groups in total. The van der Waals surface area contributed by atoms with Crippen molar-refractivity contribution in [3.63, 3.8) is 0 Å². The average Bonchev–Trinajstić information content (AvgIpc) is 2.84. The molecule has 0 saturated carbocycles. The molecule has 1 amide bonds. The smallest absolute Gasteiger partial charge is 0.412 e. The summed E-state index contributed by atoms with van der Waals surface area (Å²) in [5, 5.41) is 6.13. The third-order valence-electron chi connectivity index (χ3n) is 2.86. The Morgan fingerprint density at radius 1 is 1.13 bits per heavy atom. The maximum Gasteiger partial charge on any atom is 0.412 e. The first-order valence-electron chi connectivity index (χ1n) is 7.36. The number of benzene rings is 1. The molecule has 124 valence electrons. The van der Waals surface area contributed by atoms with Crippen LogP contribution >= 0.6 is 27.3 Å². The number of nitrogens with one attached hydrogen (secondary N) is 2. The molecule has 2 aromatic rings. The standard InChI is InChI=1S/C17H21BrN2O2S/c1-17(2,3)22-16(21)20-13-6-4-12(5-7-13)10-19-11-14-8-9-15(18)23-14/h4-9,19H,10-11H2,1-3H3,(H,20,21). The molecule has 0 aliphatic carbocycles. The van der Waals surface area contributed by atoms with E-state index in [2.05, 4.69) is 38.7 Å². The van der Waals surface area contributed by atoms with E-state index in [0.717, 1.165) is 28.1 Å². The van der Waals surface area contributed by atoms with Crippen LogP contribution in [0.5, 0.6) is 0 Å². The summed E-state index contributed by atoms with van der Waals surface area (Å²) < 4.78 is 6.37. The number of amides is 1. The molecule has 0 atom stereocenters. The number of hydrogen-bond donors (Lipinski definition) is 2. The average molecular weight is 397 g/mol. The van der Waals surface area contributed by atoms with E-state index in [9.17, 15) is 4.79 Å². The first-order chi connectivity index (χ1) is 10.8. The number of carbonyl (C=O) groups is 1. The van der Waals surface area contributed by atoms with Crippen LogP contribution in [0, 0.1) is 0 Å². The molecular formula is C17H21BrN2O2S. The molecule has 0 aliphatic rings. The number of rotatable bonds is 5. The number of hydrogen-bond acceptors (Lipinski definition) is 4. The molecule has 0 radical (unpaired) electrons. The Labute approximate surface area is 149 Å². The molecular weight excluding hydrogens is 376 g/mol. The quantitative estimate of drug-likeness (QED) is 0.734. The highest BCUT2D eigenvalue weighted by Crippen LogP contribution is 2.21. The van der Waals surface area contributed by atoms with Crippen molar-refractivity contribution in [2.75, 3.05) is 5.32 Å². The van der Waals surface area contributed by atoms with E-state index in [1.165, 1.54) is 4.88 Å². The van der Waals surface area contributed by atoms with E-state index in [4.69, 9.17) is 4.74 Å². The van der Waals surface area contributed by atoms with E-state index in [1.807, 2.05) is 45.0 Å². The van der Waals surface area contributed by atoms with Gasteiger partial charge in [-0.3, -0.25) is 5.32 Å². The van der Waals surface area contributed by atoms with Crippen molar-refractivity contribution in [3.8, 4) is 0 Å². The predicted octanol–water partition coefficient (Wildman–Crippen LogP) is 5.15. The van der Waals surface area contributed by atoms with Crippen LogP contribution in [0.15, 0.2) is 40.2 Å². The summed E-state index contributed by atoms with van der Waals surface area (Å²) in [5.74, 6) is 0. The molecule has 0 spiro atoms. The molecule has 23 heavy (non-hydrogen) atoms. The number of anilines is 1. The maximum atomic E-state index is 11.7. The summed E-state index contributed by atoms with van der Waals surface area (Å²) in [4.78, 5) is 13.0. The first kappa shape index (κ1) is 18.0. The highest BCUT2D eigenvalue weighted by molar-refractivity contribution is 9.11. The highest BCUT2D eigenvalue weighted by Gasteiger charge is 2.15. The van der Waals surface area contributed by atoms with Crippen molar-refractivity contribution in [1.29, 1.82) is 0 Å². The molecule has 1 aromatic carbocycles. The Morgan fingerprint density at radius 2 is 1.83 bits per heavy atom. The third kappa shape index (κ3) is 6.72. The largest absolute Gasteiger partial charge is 0.444 e. The highest BCUT2D eigenvalue weighted by atomic mass is 79.9. The van der Waals surface area contributed by atoms with Crippen LogP contribution in [-0.2, 0) is 17.8 Å². The fraction of sp³-hybridized carbons (Fsp3) is 0.353. The van der Waals surface area contributed by atoms with E-state index in [-0.39, 0.29) is 0 Å². The predicted molar refractivity (Wildman–Crippen MR) is 98.9 cm³/mol. The summed E-state index contributed by atoms with van der Waals surface area (Å²) in [6.07, 6.45) is -0.438. The zero-order valence-corrected chi connectivity index (χ0v) is 15.9. The lowest BCUT2D eigenvalue weighted by Crippen LogP contribution is -2.27. The molecule has 4 nitrogen and oxygen atoms in total. The SMILES string of the molecule is CC(C)(C)OC(=O)Nc1ccc(CNCc2ccc(Br)s2)cc1. The summed E-state index contributed by atoms with van der Waals surface area (Å²) in [6, 6.07) is 11.9. The fourth-order valence-electron chi connectivity index (χ4n) is 1.90. The Morgan fingerprint density at radius 3 is 2.39 bits per heavy atom. The van der Waals surface area contributed by atoms with Crippen molar-refractivity contribution in [1.82, 2.24) is 5.32 Å². The van der Waals surface area contributed by atoms with Crippen molar-refractivity contribution < 1.29 is 9.53 Å². The summed E-state index contributed by atoms with van der Waals surface area (Å²) >= 11 is 5.19. The minimum atomic E-state index is -0.495. The van der Waals surface area contributed by atoms with E-state index in [1.54, 1.807) is 11.3 Å². The third-order valence-corrected chi connectivity index (χ3v) is 4.48. The van der Waals surface area contributed by atoms with Gasteiger partial charge in [-0.15, -0.1) is 11.3 Å². The van der Waals surface area contributed by atoms with Gasteiger partial charge in [-0.2, -0.15) is 0 Å². The van der Waals surface area contributed by atoms with Gasteiger partial charge in [-0.05, 0) is 66.5 Å². The van der Waals surface area contributed by atoms with Crippen LogP contribution in [0.1, 0.15) is 31.2 Å². The van der Waals surface area contributed by atoms with Crippen LogP contribution in [0.25, 0.3) is 0 Å². The van der Waals surface area contributed by atoms with Crippen LogP contribution in [-0.4, -0.2) is 11.7 Å². The molecule has 1 heterocycles. The van der Waals surface area contributed by atoms with E-state index in [0.29, 0.717) is 0 Å². The van der Waals surface area contributed by atoms with E-state index >= 15 is 0 Å². The lowest BCUT2D eigenvalue weighted by atomic mass is 10.2. The molecule has 0 unspecified atom stereocenters. The molecule has 0 saturated heterocycles. The fourth-order valence-corrected chi connectivity index (χ4v) is 3.36. The summed E-state index contributed by atoms with van der Waals surface area (Å²) in [7, 11) is 0. The zero-order valence-electron chi connectivity index (χ0n) is 13.5. The minimum absolute atomic E-state index is 0.438. The van der Waals surface area contributed by atoms with Gasteiger partial charge in [0.25, 0.3) is 0 Å².